The average Bonchev–Trinajstić information content (AvgIpc) is 2.74. The Kier molecular flexibility index (Phi) is 3.65. The molecule has 0 radical (unpaired) electrons. The molecular weight excluding hydrogens is 228 g/mol. The summed E-state index contributed by atoms with van der Waals surface area (Å²) < 4.78 is 0. The molecule has 0 aliphatic heterocycles. The van der Waals surface area contributed by atoms with E-state index in [0.29, 0.717) is 5.82 Å². The Labute approximate surface area is 107 Å². The second kappa shape index (κ2) is 5.21. The third-order valence-electron chi connectivity index (χ3n) is 3.18. The highest BCUT2D eigenvalue weighted by Crippen LogP contribution is 2.25. The van der Waals surface area contributed by atoms with E-state index >= 15 is 0 Å². The largest absolute Gasteiger partial charge is 0.478 e. The molecule has 0 saturated heterocycles. The van der Waals surface area contributed by atoms with Crippen LogP contribution < -0.4 is 5.32 Å². The molecule has 1 heterocycles. The molecule has 0 amide bonds. The zero-order chi connectivity index (χ0) is 13.1. The molecular formula is C14H18N2O2. The van der Waals surface area contributed by atoms with Gasteiger partial charge in [-0.15, -0.1) is 6.58 Å². The van der Waals surface area contributed by atoms with E-state index in [1.54, 1.807) is 6.07 Å². The van der Waals surface area contributed by atoms with Crippen LogP contribution >= 0.6 is 0 Å². The number of carboxylic acids is 1. The van der Waals surface area contributed by atoms with Crippen molar-refractivity contribution < 1.29 is 9.90 Å². The first-order valence-corrected chi connectivity index (χ1v) is 6.25. The number of anilines is 1. The molecule has 2 N–H and O–H groups in total. The quantitative estimate of drug-likeness (QED) is 0.784. The number of rotatable bonds is 5. The molecule has 0 spiro atoms. The summed E-state index contributed by atoms with van der Waals surface area (Å²) in [4.78, 5) is 15.7. The van der Waals surface area contributed by atoms with Crippen LogP contribution in [-0.4, -0.2) is 22.1 Å². The molecule has 4 heteroatoms. The fourth-order valence-electron chi connectivity index (χ4n) is 2.29. The zero-order valence-corrected chi connectivity index (χ0v) is 10.6. The number of pyridine rings is 1. The van der Waals surface area contributed by atoms with Gasteiger partial charge in [-0.1, -0.05) is 6.08 Å². The molecule has 96 valence electrons. The Balaban J connectivity index is 2.32. The van der Waals surface area contributed by atoms with Crippen LogP contribution in [-0.2, 0) is 12.8 Å². The first-order chi connectivity index (χ1) is 8.61. The molecule has 1 aromatic heterocycles. The number of fused-ring (bicyclic) bond motifs is 1. The van der Waals surface area contributed by atoms with E-state index in [2.05, 4.69) is 16.9 Å². The Morgan fingerprint density at radius 2 is 2.44 bits per heavy atom. The van der Waals surface area contributed by atoms with Crippen molar-refractivity contribution in [2.24, 2.45) is 0 Å². The van der Waals surface area contributed by atoms with E-state index in [0.717, 1.165) is 36.9 Å². The summed E-state index contributed by atoms with van der Waals surface area (Å²) >= 11 is 0. The molecule has 1 atom stereocenters. The van der Waals surface area contributed by atoms with Gasteiger partial charge in [0.25, 0.3) is 0 Å². The summed E-state index contributed by atoms with van der Waals surface area (Å²) in [5, 5.41) is 12.4. The third kappa shape index (κ3) is 2.53. The Morgan fingerprint density at radius 1 is 1.67 bits per heavy atom. The highest BCUT2D eigenvalue weighted by atomic mass is 16.4. The van der Waals surface area contributed by atoms with Crippen molar-refractivity contribution in [3.8, 4) is 0 Å². The molecule has 2 rings (SSSR count). The fourth-order valence-corrected chi connectivity index (χ4v) is 2.29. The highest BCUT2D eigenvalue weighted by Gasteiger charge is 2.20. The standard InChI is InChI=1S/C14H18N2O2/c1-3-5-9(2)15-13-11(14(17)18)8-10-6-4-7-12(10)16-13/h3,8-9H,1,4-7H2,2H3,(H,15,16)(H,17,18). The summed E-state index contributed by atoms with van der Waals surface area (Å²) in [5.41, 5.74) is 2.38. The van der Waals surface area contributed by atoms with Crippen molar-refractivity contribution in [1.82, 2.24) is 4.98 Å². The number of nitrogens with one attached hydrogen (secondary N) is 1. The van der Waals surface area contributed by atoms with Crippen LogP contribution in [0, 0.1) is 0 Å². The maximum absolute atomic E-state index is 11.3. The Morgan fingerprint density at radius 3 is 3.11 bits per heavy atom. The minimum Gasteiger partial charge on any atom is -0.478 e. The number of aromatic carboxylic acids is 1. The van der Waals surface area contributed by atoms with Crippen molar-refractivity contribution >= 4 is 11.8 Å². The van der Waals surface area contributed by atoms with E-state index < -0.39 is 5.97 Å². The van der Waals surface area contributed by atoms with Gasteiger partial charge in [0.15, 0.2) is 0 Å². The molecule has 1 unspecified atom stereocenters. The summed E-state index contributed by atoms with van der Waals surface area (Å²) in [6.07, 6.45) is 5.53. The van der Waals surface area contributed by atoms with Crippen LogP contribution in [0.3, 0.4) is 0 Å². The number of nitrogens with zero attached hydrogens (tertiary/aromatic N) is 1. The minimum atomic E-state index is -0.925. The molecule has 0 fully saturated rings. The van der Waals surface area contributed by atoms with Crippen molar-refractivity contribution in [1.29, 1.82) is 0 Å². The van der Waals surface area contributed by atoms with Crippen LogP contribution in [0.5, 0.6) is 0 Å². The van der Waals surface area contributed by atoms with Gasteiger partial charge >= 0.3 is 5.97 Å². The number of aryl methyl sites for hydroxylation is 2. The average molecular weight is 246 g/mol. The summed E-state index contributed by atoms with van der Waals surface area (Å²) in [6.45, 7) is 5.67. The highest BCUT2D eigenvalue weighted by molar-refractivity contribution is 5.93. The van der Waals surface area contributed by atoms with Crippen molar-refractivity contribution in [2.45, 2.75) is 38.6 Å². The first-order valence-electron chi connectivity index (χ1n) is 6.25. The SMILES string of the molecule is C=CCC(C)Nc1nc2c(cc1C(=O)O)CCC2. The molecule has 0 saturated carbocycles. The van der Waals surface area contributed by atoms with E-state index in [4.69, 9.17) is 0 Å². The molecule has 18 heavy (non-hydrogen) atoms. The summed E-state index contributed by atoms with van der Waals surface area (Å²) in [5.74, 6) is -0.442. The van der Waals surface area contributed by atoms with Crippen molar-refractivity contribution in [3.05, 3.63) is 35.5 Å². The van der Waals surface area contributed by atoms with Gasteiger partial charge in [-0.3, -0.25) is 0 Å². The lowest BCUT2D eigenvalue weighted by atomic mass is 10.1. The molecule has 1 aliphatic rings. The number of hydrogen-bond acceptors (Lipinski definition) is 3. The van der Waals surface area contributed by atoms with E-state index in [-0.39, 0.29) is 11.6 Å². The number of aromatic nitrogens is 1. The maximum Gasteiger partial charge on any atom is 0.339 e. The Bertz CT molecular complexity index is 483. The van der Waals surface area contributed by atoms with Gasteiger partial charge < -0.3 is 10.4 Å². The molecule has 1 aliphatic carbocycles. The lowest BCUT2D eigenvalue weighted by Crippen LogP contribution is -2.18. The van der Waals surface area contributed by atoms with Crippen molar-refractivity contribution in [3.63, 3.8) is 0 Å². The van der Waals surface area contributed by atoms with Gasteiger partial charge in [-0.05, 0) is 44.2 Å². The molecule has 1 aromatic rings. The van der Waals surface area contributed by atoms with E-state index in [9.17, 15) is 9.90 Å². The van der Waals surface area contributed by atoms with E-state index in [1.165, 1.54) is 0 Å². The smallest absolute Gasteiger partial charge is 0.339 e. The normalized spacial score (nSPS) is 14.9. The van der Waals surface area contributed by atoms with Crippen LogP contribution in [0.1, 0.15) is 41.4 Å². The van der Waals surface area contributed by atoms with Gasteiger partial charge in [-0.2, -0.15) is 0 Å². The van der Waals surface area contributed by atoms with Crippen LogP contribution in [0.15, 0.2) is 18.7 Å². The van der Waals surface area contributed by atoms with Gasteiger partial charge in [-0.25, -0.2) is 9.78 Å². The number of carbonyl (C=O) groups is 1. The topological polar surface area (TPSA) is 62.2 Å². The first kappa shape index (κ1) is 12.6. The van der Waals surface area contributed by atoms with Crippen LogP contribution in [0.2, 0.25) is 0 Å². The lowest BCUT2D eigenvalue weighted by molar-refractivity contribution is 0.0697. The summed E-state index contributed by atoms with van der Waals surface area (Å²) in [7, 11) is 0. The predicted octanol–water partition coefficient (Wildman–Crippen LogP) is 2.65. The van der Waals surface area contributed by atoms with Gasteiger partial charge in [0, 0.05) is 11.7 Å². The minimum absolute atomic E-state index is 0.132. The van der Waals surface area contributed by atoms with Gasteiger partial charge in [0.1, 0.15) is 11.4 Å². The molecule has 0 bridgehead atoms. The fraction of sp³-hybridized carbons (Fsp3) is 0.429. The van der Waals surface area contributed by atoms with Gasteiger partial charge in [0.2, 0.25) is 0 Å². The maximum atomic E-state index is 11.3. The van der Waals surface area contributed by atoms with Gasteiger partial charge in [0.05, 0.1) is 0 Å². The second-order valence-corrected chi connectivity index (χ2v) is 4.72. The third-order valence-corrected chi connectivity index (χ3v) is 3.18. The van der Waals surface area contributed by atoms with E-state index in [1.807, 2.05) is 13.0 Å². The Hall–Kier alpha value is -1.84. The summed E-state index contributed by atoms with van der Waals surface area (Å²) in [6, 6.07) is 1.90. The predicted molar refractivity (Wildman–Crippen MR) is 71.1 cm³/mol. The number of carboxylic acid groups (broad SMARTS) is 1. The number of hydrogen-bond donors (Lipinski definition) is 2. The van der Waals surface area contributed by atoms with Crippen molar-refractivity contribution in [2.75, 3.05) is 5.32 Å². The molecule has 0 aromatic carbocycles. The second-order valence-electron chi connectivity index (χ2n) is 4.72. The van der Waals surface area contributed by atoms with Crippen LogP contribution in [0.25, 0.3) is 0 Å². The lowest BCUT2D eigenvalue weighted by Gasteiger charge is -2.15. The zero-order valence-electron chi connectivity index (χ0n) is 10.6. The monoisotopic (exact) mass is 246 g/mol. The van der Waals surface area contributed by atoms with Crippen LogP contribution in [0.4, 0.5) is 5.82 Å². The molecule has 4 nitrogen and oxygen atoms in total.